The molecular weight excluding hydrogens is 541 g/mol. The molecule has 0 unspecified atom stereocenters. The van der Waals surface area contributed by atoms with Crippen LogP contribution in [0.25, 0.3) is 22.2 Å². The Morgan fingerprint density at radius 1 is 0.950 bits per heavy atom. The van der Waals surface area contributed by atoms with Gasteiger partial charge in [0.05, 0.1) is 23.9 Å². The molecule has 3 aromatic rings. The molecule has 13 heteroatoms. The van der Waals surface area contributed by atoms with Gasteiger partial charge < -0.3 is 18.8 Å². The predicted molar refractivity (Wildman–Crippen MR) is 136 cm³/mol. The van der Waals surface area contributed by atoms with Gasteiger partial charge in [-0.05, 0) is 70.9 Å². The maximum absolute atomic E-state index is 14.5. The van der Waals surface area contributed by atoms with Crippen LogP contribution in [-0.2, 0) is 23.1 Å². The fraction of sp³-hybridized carbons (Fsp3) is 0.444. The van der Waals surface area contributed by atoms with Gasteiger partial charge in [-0.25, -0.2) is 28.3 Å². The molecule has 8 nitrogen and oxygen atoms in total. The van der Waals surface area contributed by atoms with Crippen molar-refractivity contribution in [1.82, 2.24) is 14.5 Å². The van der Waals surface area contributed by atoms with Gasteiger partial charge in [-0.15, -0.1) is 13.2 Å². The number of fused-ring (bicyclic) bond motifs is 1. The molecule has 1 aromatic heterocycles. The summed E-state index contributed by atoms with van der Waals surface area (Å²) in [5, 5.41) is 0. The molecular formula is C27H30F5N3O5. The smallest absolute Gasteiger partial charge is 0.443 e. The molecule has 0 N–H and O–H groups in total. The van der Waals surface area contributed by atoms with Crippen LogP contribution in [-0.4, -0.2) is 44.2 Å². The van der Waals surface area contributed by atoms with Crippen LogP contribution in [0.1, 0.15) is 59.1 Å². The van der Waals surface area contributed by atoms with Crippen molar-refractivity contribution in [2.75, 3.05) is 0 Å². The van der Waals surface area contributed by atoms with Gasteiger partial charge in [0.2, 0.25) is 0 Å². The second-order valence-corrected chi connectivity index (χ2v) is 11.0. The number of nitrogens with zero attached hydrogens (tertiary/aromatic N) is 3. The maximum Gasteiger partial charge on any atom is 0.573 e. The second-order valence-electron chi connectivity index (χ2n) is 11.0. The summed E-state index contributed by atoms with van der Waals surface area (Å²) >= 11 is 0. The van der Waals surface area contributed by atoms with Crippen molar-refractivity contribution in [3.8, 4) is 16.9 Å². The van der Waals surface area contributed by atoms with Crippen molar-refractivity contribution in [3.05, 3.63) is 47.8 Å². The minimum absolute atomic E-state index is 0.0199. The zero-order chi connectivity index (χ0) is 30.2. The van der Waals surface area contributed by atoms with Gasteiger partial charge in [0.15, 0.2) is 0 Å². The molecule has 0 atom stereocenters. The summed E-state index contributed by atoms with van der Waals surface area (Å²) in [5.74, 6) is -0.473. The van der Waals surface area contributed by atoms with Crippen LogP contribution in [0.5, 0.6) is 5.75 Å². The van der Waals surface area contributed by atoms with E-state index in [0.29, 0.717) is 10.5 Å². The van der Waals surface area contributed by atoms with Crippen LogP contribution in [0.3, 0.4) is 0 Å². The molecule has 0 saturated heterocycles. The lowest BCUT2D eigenvalue weighted by Crippen LogP contribution is -2.43. The number of alkyl halides is 5. The standard InChI is InChI=1S/C27H30F5N3O5/c1-25(2,3)39-23(36)35(24(37)40-26(4,5)6)13-16-12-18(15-8-10-17(11-9-15)38-27(30,31)32)20-21(19(16)22(28)29)34(7)14-33-20/h8-12,14,22H,13H2,1-7H3. The number of hydrogen-bond donors (Lipinski definition) is 0. The number of carbonyl (C=O) groups is 2. The Labute approximate surface area is 227 Å². The number of aromatic nitrogens is 2. The molecule has 1 heterocycles. The molecule has 0 bridgehead atoms. The van der Waals surface area contributed by atoms with Gasteiger partial charge >= 0.3 is 18.5 Å². The van der Waals surface area contributed by atoms with Crippen LogP contribution in [0.15, 0.2) is 36.7 Å². The lowest BCUT2D eigenvalue weighted by molar-refractivity contribution is -0.274. The first-order valence-electron chi connectivity index (χ1n) is 12.1. The van der Waals surface area contributed by atoms with Crippen molar-refractivity contribution in [3.63, 3.8) is 0 Å². The Morgan fingerprint density at radius 2 is 1.48 bits per heavy atom. The fourth-order valence-corrected chi connectivity index (χ4v) is 3.86. The van der Waals surface area contributed by atoms with Gasteiger partial charge in [-0.1, -0.05) is 12.1 Å². The molecule has 0 aliphatic rings. The third kappa shape index (κ3) is 7.60. The van der Waals surface area contributed by atoms with Crippen LogP contribution >= 0.6 is 0 Å². The Kier molecular flexibility index (Phi) is 8.37. The minimum Gasteiger partial charge on any atom is -0.443 e. The third-order valence-electron chi connectivity index (χ3n) is 5.29. The normalized spacial score (nSPS) is 12.5. The zero-order valence-corrected chi connectivity index (χ0v) is 23.0. The van der Waals surface area contributed by atoms with Gasteiger partial charge in [0.1, 0.15) is 17.0 Å². The maximum atomic E-state index is 14.5. The first-order chi connectivity index (χ1) is 18.3. The Bertz CT molecular complexity index is 1360. The molecule has 0 spiro atoms. The van der Waals surface area contributed by atoms with E-state index in [-0.39, 0.29) is 22.2 Å². The number of imide groups is 1. The van der Waals surface area contributed by atoms with E-state index in [1.807, 2.05) is 0 Å². The van der Waals surface area contributed by atoms with Crippen LogP contribution < -0.4 is 4.74 Å². The number of ether oxygens (including phenoxy) is 3. The number of carbonyl (C=O) groups excluding carboxylic acids is 2. The van der Waals surface area contributed by atoms with E-state index in [0.717, 1.165) is 12.1 Å². The molecule has 0 saturated carbocycles. The van der Waals surface area contributed by atoms with Gasteiger partial charge in [0.25, 0.3) is 6.43 Å². The van der Waals surface area contributed by atoms with E-state index in [1.165, 1.54) is 36.1 Å². The fourth-order valence-electron chi connectivity index (χ4n) is 3.86. The lowest BCUT2D eigenvalue weighted by Gasteiger charge is -2.29. The van der Waals surface area contributed by atoms with Crippen molar-refractivity contribution < 1.29 is 45.8 Å². The zero-order valence-electron chi connectivity index (χ0n) is 23.0. The highest BCUT2D eigenvalue weighted by atomic mass is 19.4. The summed E-state index contributed by atoms with van der Waals surface area (Å²) in [7, 11) is 1.49. The highest BCUT2D eigenvalue weighted by Gasteiger charge is 2.34. The van der Waals surface area contributed by atoms with E-state index in [4.69, 9.17) is 9.47 Å². The van der Waals surface area contributed by atoms with Crippen LogP contribution in [0, 0.1) is 0 Å². The highest BCUT2D eigenvalue weighted by molar-refractivity contribution is 5.96. The number of halogens is 5. The topological polar surface area (TPSA) is 82.9 Å². The Hall–Kier alpha value is -3.90. The number of aryl methyl sites for hydroxylation is 1. The molecule has 2 aromatic carbocycles. The lowest BCUT2D eigenvalue weighted by atomic mass is 9.96. The first kappa shape index (κ1) is 30.6. The van der Waals surface area contributed by atoms with Gasteiger partial charge in [0, 0.05) is 18.2 Å². The summed E-state index contributed by atoms with van der Waals surface area (Å²) in [4.78, 5) is 30.9. The average Bonchev–Trinajstić information content (AvgIpc) is 3.15. The summed E-state index contributed by atoms with van der Waals surface area (Å²) in [6, 6.07) is 6.10. The van der Waals surface area contributed by atoms with E-state index in [2.05, 4.69) is 9.72 Å². The molecule has 218 valence electrons. The molecule has 2 amide bonds. The molecule has 0 radical (unpaired) electrons. The van der Waals surface area contributed by atoms with Crippen molar-refractivity contribution >= 4 is 23.2 Å². The first-order valence-corrected chi connectivity index (χ1v) is 12.1. The van der Waals surface area contributed by atoms with E-state index in [1.54, 1.807) is 41.5 Å². The summed E-state index contributed by atoms with van der Waals surface area (Å²) in [5.41, 5.74) is -1.84. The second kappa shape index (κ2) is 10.9. The number of amides is 2. The largest absolute Gasteiger partial charge is 0.573 e. The molecule has 0 aliphatic carbocycles. The van der Waals surface area contributed by atoms with E-state index < -0.39 is 54.0 Å². The van der Waals surface area contributed by atoms with Crippen LogP contribution in [0.4, 0.5) is 31.5 Å². The molecule has 40 heavy (non-hydrogen) atoms. The number of hydrogen-bond acceptors (Lipinski definition) is 6. The number of benzene rings is 2. The SMILES string of the molecule is Cn1cnc2c(-c3ccc(OC(F)(F)F)cc3)cc(CN(C(=O)OC(C)(C)C)C(=O)OC(C)(C)C)c(C(F)F)c21. The van der Waals surface area contributed by atoms with E-state index >= 15 is 0 Å². The summed E-state index contributed by atoms with van der Waals surface area (Å²) < 4.78 is 82.9. The van der Waals surface area contributed by atoms with Gasteiger partial charge in [-0.2, -0.15) is 0 Å². The predicted octanol–water partition coefficient (Wildman–Crippen LogP) is 7.75. The molecule has 0 aliphatic heterocycles. The van der Waals surface area contributed by atoms with E-state index in [9.17, 15) is 31.5 Å². The van der Waals surface area contributed by atoms with Crippen molar-refractivity contribution in [1.29, 1.82) is 0 Å². The summed E-state index contributed by atoms with van der Waals surface area (Å²) in [6.45, 7) is 8.82. The van der Waals surface area contributed by atoms with Crippen LogP contribution in [0.2, 0.25) is 0 Å². The quantitative estimate of drug-likeness (QED) is 0.291. The Balaban J connectivity index is 2.19. The molecule has 3 rings (SSSR count). The number of rotatable bonds is 5. The van der Waals surface area contributed by atoms with Gasteiger partial charge in [-0.3, -0.25) is 0 Å². The van der Waals surface area contributed by atoms with Crippen molar-refractivity contribution in [2.45, 2.75) is 72.1 Å². The minimum atomic E-state index is -4.89. The third-order valence-corrected chi connectivity index (χ3v) is 5.29. The average molecular weight is 572 g/mol. The monoisotopic (exact) mass is 571 g/mol. The summed E-state index contributed by atoms with van der Waals surface area (Å²) in [6.07, 6.45) is -8.84. The number of imidazole rings is 1. The molecule has 0 fully saturated rings. The Morgan fingerprint density at radius 3 is 1.93 bits per heavy atom. The van der Waals surface area contributed by atoms with Crippen molar-refractivity contribution in [2.24, 2.45) is 7.05 Å². The highest BCUT2D eigenvalue weighted by Crippen LogP contribution is 2.38.